The van der Waals surface area contributed by atoms with Gasteiger partial charge in [-0.15, -0.1) is 0 Å². The number of amides is 1. The van der Waals surface area contributed by atoms with Crippen LogP contribution < -0.4 is 5.73 Å². The Balaban J connectivity index is 2.75. The molecule has 98 valence electrons. The van der Waals surface area contributed by atoms with Crippen molar-refractivity contribution in [2.75, 3.05) is 6.54 Å². The van der Waals surface area contributed by atoms with E-state index in [0.717, 1.165) is 0 Å². The average Bonchev–Trinajstić information content (AvgIpc) is 2.14. The lowest BCUT2D eigenvalue weighted by molar-refractivity contribution is -0.144. The van der Waals surface area contributed by atoms with Crippen LogP contribution in [0, 0.1) is 0 Å². The Kier molecular flexibility index (Phi) is 3.98. The summed E-state index contributed by atoms with van der Waals surface area (Å²) in [4.78, 5) is 24.1. The summed E-state index contributed by atoms with van der Waals surface area (Å²) in [7, 11) is 0. The van der Waals surface area contributed by atoms with Gasteiger partial charge in [-0.3, -0.25) is 4.90 Å². The Morgan fingerprint density at radius 2 is 1.94 bits per heavy atom. The third-order valence-electron chi connectivity index (χ3n) is 2.53. The van der Waals surface area contributed by atoms with Crippen LogP contribution >= 0.6 is 0 Å². The van der Waals surface area contributed by atoms with Crippen LogP contribution in [0.4, 0.5) is 4.79 Å². The molecular formula is C11H20N2O4. The molecular weight excluding hydrogens is 224 g/mol. The van der Waals surface area contributed by atoms with Crippen molar-refractivity contribution in [3.8, 4) is 0 Å². The molecule has 6 nitrogen and oxygen atoms in total. The molecule has 0 aliphatic carbocycles. The molecule has 1 rings (SSSR count). The number of likely N-dealkylation sites (tertiary alicyclic amines) is 1. The smallest absolute Gasteiger partial charge is 0.411 e. The van der Waals surface area contributed by atoms with E-state index in [1.54, 1.807) is 20.8 Å². The van der Waals surface area contributed by atoms with E-state index in [1.165, 1.54) is 4.90 Å². The van der Waals surface area contributed by atoms with Gasteiger partial charge in [0.15, 0.2) is 0 Å². The first-order valence-corrected chi connectivity index (χ1v) is 5.68. The van der Waals surface area contributed by atoms with E-state index in [0.29, 0.717) is 12.8 Å². The predicted molar refractivity (Wildman–Crippen MR) is 61.6 cm³/mol. The second-order valence-electron chi connectivity index (χ2n) is 5.32. The highest BCUT2D eigenvalue weighted by Gasteiger charge is 2.37. The lowest BCUT2D eigenvalue weighted by atomic mass is 9.99. The van der Waals surface area contributed by atoms with Crippen LogP contribution in [0.25, 0.3) is 0 Å². The van der Waals surface area contributed by atoms with Crippen LogP contribution in [0.15, 0.2) is 0 Å². The molecule has 2 atom stereocenters. The number of hydrogen-bond donors (Lipinski definition) is 2. The maximum atomic E-state index is 11.9. The molecule has 1 amide bonds. The zero-order chi connectivity index (χ0) is 13.2. The van der Waals surface area contributed by atoms with E-state index in [-0.39, 0.29) is 12.6 Å². The summed E-state index contributed by atoms with van der Waals surface area (Å²) >= 11 is 0. The molecule has 0 unspecified atom stereocenters. The van der Waals surface area contributed by atoms with Gasteiger partial charge in [0, 0.05) is 12.6 Å². The van der Waals surface area contributed by atoms with Gasteiger partial charge < -0.3 is 15.6 Å². The summed E-state index contributed by atoms with van der Waals surface area (Å²) < 4.78 is 5.17. The number of carbonyl (C=O) groups excluding carboxylic acids is 1. The van der Waals surface area contributed by atoms with Crippen molar-refractivity contribution < 1.29 is 19.4 Å². The van der Waals surface area contributed by atoms with Crippen LogP contribution in [-0.2, 0) is 9.53 Å². The van der Waals surface area contributed by atoms with E-state index >= 15 is 0 Å². The second kappa shape index (κ2) is 4.91. The molecule has 0 spiro atoms. The lowest BCUT2D eigenvalue weighted by Crippen LogP contribution is -2.55. The minimum absolute atomic E-state index is 0.182. The molecule has 1 aliphatic heterocycles. The molecule has 0 bridgehead atoms. The summed E-state index contributed by atoms with van der Waals surface area (Å²) in [6.45, 7) is 5.45. The minimum Gasteiger partial charge on any atom is -0.480 e. The number of ether oxygens (including phenoxy) is 1. The van der Waals surface area contributed by atoms with Crippen molar-refractivity contribution >= 4 is 12.1 Å². The number of carboxylic acid groups (broad SMARTS) is 1. The number of hydrogen-bond acceptors (Lipinski definition) is 4. The summed E-state index contributed by atoms with van der Waals surface area (Å²) in [5, 5.41) is 9.05. The van der Waals surface area contributed by atoms with Gasteiger partial charge in [-0.05, 0) is 33.6 Å². The van der Waals surface area contributed by atoms with Gasteiger partial charge >= 0.3 is 12.1 Å². The molecule has 1 heterocycles. The van der Waals surface area contributed by atoms with Crippen LogP contribution in [0.2, 0.25) is 0 Å². The number of carboxylic acids is 1. The Hall–Kier alpha value is -1.30. The topological polar surface area (TPSA) is 92.9 Å². The van der Waals surface area contributed by atoms with Crippen molar-refractivity contribution in [3.63, 3.8) is 0 Å². The molecule has 1 saturated heterocycles. The summed E-state index contributed by atoms with van der Waals surface area (Å²) in [5.74, 6) is -1.01. The first kappa shape index (κ1) is 13.8. The zero-order valence-electron chi connectivity index (χ0n) is 10.5. The van der Waals surface area contributed by atoms with Crippen LogP contribution in [-0.4, -0.2) is 46.3 Å². The molecule has 0 saturated carbocycles. The van der Waals surface area contributed by atoms with E-state index in [2.05, 4.69) is 0 Å². The fraction of sp³-hybridized carbons (Fsp3) is 0.818. The molecule has 6 heteroatoms. The van der Waals surface area contributed by atoms with E-state index in [4.69, 9.17) is 15.6 Å². The highest BCUT2D eigenvalue weighted by atomic mass is 16.6. The van der Waals surface area contributed by atoms with Crippen molar-refractivity contribution in [1.82, 2.24) is 4.90 Å². The van der Waals surface area contributed by atoms with E-state index in [9.17, 15) is 9.59 Å². The van der Waals surface area contributed by atoms with Gasteiger partial charge in [0.1, 0.15) is 11.6 Å². The molecule has 17 heavy (non-hydrogen) atoms. The van der Waals surface area contributed by atoms with Crippen molar-refractivity contribution in [2.45, 2.75) is 51.3 Å². The summed E-state index contributed by atoms with van der Waals surface area (Å²) in [6, 6.07) is -1.01. The SMILES string of the molecule is CC(C)(C)OC(=O)N1C[C@@H](N)CC[C@@H]1C(=O)O. The summed E-state index contributed by atoms with van der Waals surface area (Å²) in [5.41, 5.74) is 5.11. The molecule has 0 radical (unpaired) electrons. The maximum absolute atomic E-state index is 11.9. The molecule has 1 aliphatic rings. The first-order chi connectivity index (χ1) is 7.70. The predicted octanol–water partition coefficient (Wildman–Crippen LogP) is 0.798. The van der Waals surface area contributed by atoms with E-state index < -0.39 is 23.7 Å². The highest BCUT2D eigenvalue weighted by molar-refractivity contribution is 5.80. The fourth-order valence-electron chi connectivity index (χ4n) is 1.78. The van der Waals surface area contributed by atoms with Gasteiger partial charge in [0.05, 0.1) is 0 Å². The van der Waals surface area contributed by atoms with Gasteiger partial charge in [-0.25, -0.2) is 9.59 Å². The number of carbonyl (C=O) groups is 2. The lowest BCUT2D eigenvalue weighted by Gasteiger charge is -2.36. The standard InChI is InChI=1S/C11H20N2O4/c1-11(2,3)17-10(16)13-6-7(12)4-5-8(13)9(14)15/h7-8H,4-6,12H2,1-3H3,(H,14,15)/t7-,8+/m0/s1. The molecule has 0 aromatic carbocycles. The monoisotopic (exact) mass is 244 g/mol. The zero-order valence-corrected chi connectivity index (χ0v) is 10.5. The van der Waals surface area contributed by atoms with Gasteiger partial charge in [0.2, 0.25) is 0 Å². The number of piperidine rings is 1. The Labute approximate surface area is 101 Å². The summed E-state index contributed by atoms with van der Waals surface area (Å²) in [6.07, 6.45) is 0.367. The third kappa shape index (κ3) is 3.89. The maximum Gasteiger partial charge on any atom is 0.411 e. The third-order valence-corrected chi connectivity index (χ3v) is 2.53. The molecule has 3 N–H and O–H groups in total. The van der Waals surface area contributed by atoms with Gasteiger partial charge in [-0.1, -0.05) is 0 Å². The second-order valence-corrected chi connectivity index (χ2v) is 5.32. The normalized spacial score (nSPS) is 25.5. The average molecular weight is 244 g/mol. The van der Waals surface area contributed by atoms with Crippen molar-refractivity contribution in [2.24, 2.45) is 5.73 Å². The Morgan fingerprint density at radius 3 is 2.41 bits per heavy atom. The number of rotatable bonds is 1. The van der Waals surface area contributed by atoms with Gasteiger partial charge in [0.25, 0.3) is 0 Å². The molecule has 0 aromatic rings. The number of nitrogens with two attached hydrogens (primary N) is 1. The van der Waals surface area contributed by atoms with Crippen molar-refractivity contribution in [3.05, 3.63) is 0 Å². The van der Waals surface area contributed by atoms with Crippen LogP contribution in [0.3, 0.4) is 0 Å². The molecule has 1 fully saturated rings. The Morgan fingerprint density at radius 1 is 1.35 bits per heavy atom. The Bertz CT molecular complexity index is 311. The number of nitrogens with zero attached hydrogens (tertiary/aromatic N) is 1. The molecule has 0 aromatic heterocycles. The van der Waals surface area contributed by atoms with Crippen LogP contribution in [0.1, 0.15) is 33.6 Å². The largest absolute Gasteiger partial charge is 0.480 e. The van der Waals surface area contributed by atoms with Crippen molar-refractivity contribution in [1.29, 1.82) is 0 Å². The van der Waals surface area contributed by atoms with E-state index in [1.807, 2.05) is 0 Å². The van der Waals surface area contributed by atoms with Crippen LogP contribution in [0.5, 0.6) is 0 Å². The number of aliphatic carboxylic acids is 1. The highest BCUT2D eigenvalue weighted by Crippen LogP contribution is 2.20. The minimum atomic E-state index is -1.01. The quantitative estimate of drug-likeness (QED) is 0.711. The van der Waals surface area contributed by atoms with Gasteiger partial charge in [-0.2, -0.15) is 0 Å². The first-order valence-electron chi connectivity index (χ1n) is 5.68. The fourth-order valence-corrected chi connectivity index (χ4v) is 1.78.